The number of benzene rings is 1. The van der Waals surface area contributed by atoms with Crippen LogP contribution in [0.4, 0.5) is 11.6 Å². The molecule has 0 radical (unpaired) electrons. The van der Waals surface area contributed by atoms with Gasteiger partial charge < -0.3 is 10.3 Å². The zero-order valence-corrected chi connectivity index (χ0v) is 16.1. The number of rotatable bonds is 4. The summed E-state index contributed by atoms with van der Waals surface area (Å²) in [5.41, 5.74) is 4.64. The van der Waals surface area contributed by atoms with E-state index in [1.807, 2.05) is 37.5 Å². The molecule has 3 aromatic rings. The summed E-state index contributed by atoms with van der Waals surface area (Å²) < 4.78 is 0. The molecule has 0 unspecified atom stereocenters. The average Bonchev–Trinajstić information content (AvgIpc) is 3.36. The third kappa shape index (κ3) is 2.92. The zero-order chi connectivity index (χ0) is 19.1. The van der Waals surface area contributed by atoms with E-state index in [1.54, 1.807) is 0 Å². The number of aryl methyl sites for hydroxylation is 1. The molecule has 2 aliphatic rings. The summed E-state index contributed by atoms with van der Waals surface area (Å²) in [5.74, 6) is 0.710. The first-order chi connectivity index (χ1) is 13.7. The minimum atomic E-state index is 0.442. The van der Waals surface area contributed by atoms with Crippen LogP contribution in [-0.2, 0) is 0 Å². The zero-order valence-electron chi connectivity index (χ0n) is 16.1. The van der Waals surface area contributed by atoms with Crippen LogP contribution in [-0.4, -0.2) is 45.0 Å². The molecule has 142 valence electrons. The van der Waals surface area contributed by atoms with E-state index in [0.29, 0.717) is 23.7 Å². The van der Waals surface area contributed by atoms with Crippen LogP contribution >= 0.6 is 0 Å². The SMILES string of the molecule is [C-]#[N+]c1ccc2c(-c3nc(N[C@H]4CC[C@@H]4N4CCCC4)ncc3C)c[nH]c2c1. The van der Waals surface area contributed by atoms with Crippen molar-refractivity contribution in [2.45, 2.75) is 44.7 Å². The number of H-pyrrole nitrogens is 1. The molecule has 1 aliphatic carbocycles. The van der Waals surface area contributed by atoms with Crippen LogP contribution in [0.25, 0.3) is 27.0 Å². The second-order valence-corrected chi connectivity index (χ2v) is 7.91. The predicted octanol–water partition coefficient (Wildman–Crippen LogP) is 4.52. The van der Waals surface area contributed by atoms with Gasteiger partial charge in [0.1, 0.15) is 0 Å². The molecule has 1 saturated carbocycles. The molecular formula is C22H24N6. The molecule has 6 nitrogen and oxygen atoms in total. The maximum atomic E-state index is 7.20. The van der Waals surface area contributed by atoms with Crippen LogP contribution in [0.3, 0.4) is 0 Å². The fourth-order valence-electron chi connectivity index (χ4n) is 4.49. The fraction of sp³-hybridized carbons (Fsp3) is 0.409. The summed E-state index contributed by atoms with van der Waals surface area (Å²) in [7, 11) is 0. The molecule has 2 fully saturated rings. The number of likely N-dealkylation sites (tertiary alicyclic amines) is 1. The van der Waals surface area contributed by atoms with E-state index >= 15 is 0 Å². The molecule has 0 amide bonds. The van der Waals surface area contributed by atoms with Crippen LogP contribution in [0.1, 0.15) is 31.2 Å². The van der Waals surface area contributed by atoms with E-state index in [1.165, 1.54) is 38.8 Å². The van der Waals surface area contributed by atoms with Gasteiger partial charge in [-0.3, -0.25) is 4.90 Å². The third-order valence-corrected chi connectivity index (χ3v) is 6.18. The van der Waals surface area contributed by atoms with Crippen molar-refractivity contribution in [3.05, 3.63) is 47.6 Å². The first-order valence-electron chi connectivity index (χ1n) is 10.1. The standard InChI is InChI=1S/C22H24N6/c1-14-12-25-22(26-18-7-8-20(18)28-9-3-4-10-28)27-21(14)17-13-24-19-11-15(23-2)5-6-16(17)19/h5-6,11-13,18,20,24H,3-4,7-10H2,1H3,(H,25,26,27)/t18-,20-/m0/s1. The molecule has 2 N–H and O–H groups in total. The molecule has 2 aromatic heterocycles. The summed E-state index contributed by atoms with van der Waals surface area (Å²) in [5, 5.41) is 4.67. The lowest BCUT2D eigenvalue weighted by molar-refractivity contribution is 0.140. The lowest BCUT2D eigenvalue weighted by Crippen LogP contribution is -2.53. The Morgan fingerprint density at radius 2 is 2.11 bits per heavy atom. The number of aromatic amines is 1. The van der Waals surface area contributed by atoms with Crippen LogP contribution in [0.2, 0.25) is 0 Å². The Hall–Kier alpha value is -2.91. The summed E-state index contributed by atoms with van der Waals surface area (Å²) in [4.78, 5) is 18.8. The van der Waals surface area contributed by atoms with Gasteiger partial charge in [0.05, 0.1) is 12.3 Å². The first kappa shape index (κ1) is 17.2. The summed E-state index contributed by atoms with van der Waals surface area (Å²) in [6.07, 6.45) is 8.98. The number of nitrogens with zero attached hydrogens (tertiary/aromatic N) is 4. The second-order valence-electron chi connectivity index (χ2n) is 7.91. The van der Waals surface area contributed by atoms with Crippen molar-refractivity contribution in [2.75, 3.05) is 18.4 Å². The fourth-order valence-corrected chi connectivity index (χ4v) is 4.49. The van der Waals surface area contributed by atoms with Crippen LogP contribution in [0.15, 0.2) is 30.6 Å². The molecule has 28 heavy (non-hydrogen) atoms. The summed E-state index contributed by atoms with van der Waals surface area (Å²) >= 11 is 0. The maximum absolute atomic E-state index is 7.20. The minimum Gasteiger partial charge on any atom is -0.362 e. The van der Waals surface area contributed by atoms with Gasteiger partial charge in [-0.15, -0.1) is 0 Å². The Balaban J connectivity index is 1.43. The van der Waals surface area contributed by atoms with Crippen LogP contribution in [0, 0.1) is 13.5 Å². The molecule has 5 rings (SSSR count). The molecule has 0 spiro atoms. The van der Waals surface area contributed by atoms with Crippen LogP contribution < -0.4 is 5.32 Å². The molecular weight excluding hydrogens is 348 g/mol. The van der Waals surface area contributed by atoms with Crippen molar-refractivity contribution < 1.29 is 0 Å². The quantitative estimate of drug-likeness (QED) is 0.661. The lowest BCUT2D eigenvalue weighted by atomic mass is 9.85. The minimum absolute atomic E-state index is 0.442. The second kappa shape index (κ2) is 6.92. The molecule has 3 heterocycles. The topological polar surface area (TPSA) is 61.2 Å². The Morgan fingerprint density at radius 3 is 2.86 bits per heavy atom. The Morgan fingerprint density at radius 1 is 1.25 bits per heavy atom. The van der Waals surface area contributed by atoms with E-state index in [9.17, 15) is 0 Å². The van der Waals surface area contributed by atoms with Gasteiger partial charge in [-0.25, -0.2) is 14.8 Å². The molecule has 0 bridgehead atoms. The van der Waals surface area contributed by atoms with E-state index in [0.717, 1.165) is 27.7 Å². The number of nitrogens with one attached hydrogen (secondary N) is 2. The van der Waals surface area contributed by atoms with Crippen LogP contribution in [0.5, 0.6) is 0 Å². The highest BCUT2D eigenvalue weighted by atomic mass is 15.2. The van der Waals surface area contributed by atoms with Gasteiger partial charge >= 0.3 is 0 Å². The van der Waals surface area contributed by atoms with Gasteiger partial charge in [0.25, 0.3) is 0 Å². The van der Waals surface area contributed by atoms with Gasteiger partial charge in [-0.2, -0.15) is 0 Å². The first-order valence-corrected chi connectivity index (χ1v) is 10.1. The van der Waals surface area contributed by atoms with Crippen molar-refractivity contribution in [2.24, 2.45) is 0 Å². The number of fused-ring (bicyclic) bond motifs is 1. The molecule has 1 aliphatic heterocycles. The lowest BCUT2D eigenvalue weighted by Gasteiger charge is -2.43. The Kier molecular flexibility index (Phi) is 4.25. The van der Waals surface area contributed by atoms with Gasteiger partial charge in [0, 0.05) is 40.9 Å². The normalized spacial score (nSPS) is 22.1. The largest absolute Gasteiger partial charge is 0.362 e. The van der Waals surface area contributed by atoms with Gasteiger partial charge in [0.2, 0.25) is 5.95 Å². The van der Waals surface area contributed by atoms with E-state index in [4.69, 9.17) is 11.6 Å². The number of hydrogen-bond donors (Lipinski definition) is 2. The molecule has 6 heteroatoms. The summed E-state index contributed by atoms with van der Waals surface area (Å²) in [6, 6.07) is 6.81. The summed E-state index contributed by atoms with van der Waals surface area (Å²) in [6.45, 7) is 11.7. The van der Waals surface area contributed by atoms with E-state index < -0.39 is 0 Å². The van der Waals surface area contributed by atoms with Crippen molar-refractivity contribution in [3.63, 3.8) is 0 Å². The molecule has 1 aromatic carbocycles. The van der Waals surface area contributed by atoms with Gasteiger partial charge in [0.15, 0.2) is 5.69 Å². The highest BCUT2D eigenvalue weighted by Crippen LogP contribution is 2.33. The predicted molar refractivity (Wildman–Crippen MR) is 112 cm³/mol. The van der Waals surface area contributed by atoms with Gasteiger partial charge in [-0.05, 0) is 57.3 Å². The van der Waals surface area contributed by atoms with E-state index in [2.05, 4.69) is 25.0 Å². The van der Waals surface area contributed by atoms with Crippen molar-refractivity contribution in [3.8, 4) is 11.3 Å². The Labute approximate surface area is 164 Å². The van der Waals surface area contributed by atoms with E-state index in [-0.39, 0.29) is 0 Å². The third-order valence-electron chi connectivity index (χ3n) is 6.18. The monoisotopic (exact) mass is 372 g/mol. The highest BCUT2D eigenvalue weighted by Gasteiger charge is 2.36. The van der Waals surface area contributed by atoms with Gasteiger partial charge in [-0.1, -0.05) is 12.1 Å². The average molecular weight is 372 g/mol. The van der Waals surface area contributed by atoms with Crippen molar-refractivity contribution >= 4 is 22.5 Å². The number of hydrogen-bond acceptors (Lipinski definition) is 4. The van der Waals surface area contributed by atoms with Crippen molar-refractivity contribution in [1.29, 1.82) is 0 Å². The highest BCUT2D eigenvalue weighted by molar-refractivity contribution is 5.96. The number of aromatic nitrogens is 3. The van der Waals surface area contributed by atoms with Crippen molar-refractivity contribution in [1.82, 2.24) is 19.9 Å². The maximum Gasteiger partial charge on any atom is 0.223 e. The molecule has 1 saturated heterocycles. The number of anilines is 1. The smallest absolute Gasteiger partial charge is 0.223 e. The Bertz CT molecular complexity index is 1060. The molecule has 2 atom stereocenters.